The Morgan fingerprint density at radius 3 is 2.15 bits per heavy atom. The average Bonchev–Trinajstić information content (AvgIpc) is 1.91. The monoisotopic (exact) mass is 218 g/mol. The van der Waals surface area contributed by atoms with Crippen molar-refractivity contribution in [2.24, 2.45) is 0 Å². The maximum atomic E-state index is 10.5. The fourth-order valence-corrected chi connectivity index (χ4v) is 1.93. The second-order valence-corrected chi connectivity index (χ2v) is 4.55. The third-order valence-electron chi connectivity index (χ3n) is 1.94. The molecule has 1 heterocycles. The minimum atomic E-state index is -3.83. The van der Waals surface area contributed by atoms with Crippen LogP contribution in [-0.4, -0.2) is 61.9 Å². The summed E-state index contributed by atoms with van der Waals surface area (Å²) in [7, 11) is -1.84. The molecular weight excluding hydrogens is 203 g/mol. The molecule has 0 aromatic carbocycles. The molecule has 1 saturated heterocycles. The number of nitrogens with zero attached hydrogens (tertiary/aromatic N) is 2. The van der Waals surface area contributed by atoms with E-state index in [1.54, 1.807) is 4.90 Å². The fourth-order valence-electron chi connectivity index (χ4n) is 1.21. The Balaban J connectivity index is 0. The van der Waals surface area contributed by atoms with Crippen LogP contribution in [0.3, 0.4) is 0 Å². The summed E-state index contributed by atoms with van der Waals surface area (Å²) in [6.45, 7) is 3.12. The Kier molecular flexibility index (Phi) is 6.01. The van der Waals surface area contributed by atoms with Crippen LogP contribution in [0.15, 0.2) is 0 Å². The van der Waals surface area contributed by atoms with Crippen molar-refractivity contribution in [3.8, 4) is 0 Å². The first-order valence-electron chi connectivity index (χ1n) is 3.83. The van der Waals surface area contributed by atoms with Crippen LogP contribution in [0.4, 0.5) is 0 Å². The molecule has 0 atom stereocenters. The third kappa shape index (κ3) is 6.01. The molecule has 1 aliphatic heterocycles. The van der Waals surface area contributed by atoms with Crippen LogP contribution in [0.5, 0.6) is 0 Å². The number of hydrogen-bond donors (Lipinski definition) is 1. The quantitative estimate of drug-likeness (QED) is 0.380. The van der Waals surface area contributed by atoms with Gasteiger partial charge < -0.3 is 6.33 Å². The van der Waals surface area contributed by atoms with E-state index in [2.05, 4.69) is 4.90 Å². The predicted molar refractivity (Wildman–Crippen MR) is 46.6 cm³/mol. The molecule has 0 saturated carbocycles. The van der Waals surface area contributed by atoms with E-state index in [-0.39, 0.29) is 36.9 Å². The Bertz CT molecular complexity index is 241. The summed E-state index contributed by atoms with van der Waals surface area (Å²) in [5, 5.41) is 0. The molecular formula is C6H15N2NaO3S. The van der Waals surface area contributed by atoms with Crippen LogP contribution in [0.2, 0.25) is 0 Å². The van der Waals surface area contributed by atoms with E-state index in [9.17, 15) is 8.42 Å². The molecule has 0 spiro atoms. The van der Waals surface area contributed by atoms with E-state index in [1.807, 2.05) is 7.05 Å². The molecule has 0 aliphatic carbocycles. The van der Waals surface area contributed by atoms with Gasteiger partial charge in [0.25, 0.3) is 10.1 Å². The maximum absolute atomic E-state index is 10.5. The molecule has 1 rings (SSSR count). The molecule has 1 N–H and O–H groups in total. The standard InChI is InChI=1S/C6H14N2O3S.Na.H/c1-7-2-4-8(5-3-7)6-12(9,10)11;;/h2-6H2,1H3,(H,9,10,11);;/q;+1;-1. The number of hydrogen-bond acceptors (Lipinski definition) is 4. The van der Waals surface area contributed by atoms with E-state index in [4.69, 9.17) is 4.55 Å². The Labute approximate surface area is 103 Å². The minimum Gasteiger partial charge on any atom is -1.00 e. The van der Waals surface area contributed by atoms with Crippen LogP contribution in [-0.2, 0) is 10.1 Å². The molecule has 0 radical (unpaired) electrons. The second kappa shape index (κ2) is 5.65. The third-order valence-corrected chi connectivity index (χ3v) is 2.63. The van der Waals surface area contributed by atoms with E-state index in [1.165, 1.54) is 0 Å². The van der Waals surface area contributed by atoms with Crippen molar-refractivity contribution in [1.29, 1.82) is 0 Å². The molecule has 74 valence electrons. The van der Waals surface area contributed by atoms with Gasteiger partial charge in [0.1, 0.15) is 5.88 Å². The molecule has 13 heavy (non-hydrogen) atoms. The van der Waals surface area contributed by atoms with Crippen molar-refractivity contribution in [3.63, 3.8) is 0 Å². The summed E-state index contributed by atoms with van der Waals surface area (Å²) in [4.78, 5) is 3.86. The SMILES string of the molecule is CN1CCN(CS(=O)(=O)O)CC1.[H-].[Na+]. The summed E-state index contributed by atoms with van der Waals surface area (Å²) in [5.74, 6) is -0.235. The Hall–Kier alpha value is 0.830. The number of likely N-dealkylation sites (N-methyl/N-ethyl adjacent to an activating group) is 1. The zero-order valence-corrected chi connectivity index (χ0v) is 10.9. The zero-order chi connectivity index (χ0) is 9.19. The molecule has 1 aliphatic rings. The summed E-state index contributed by atoms with van der Waals surface area (Å²) in [6, 6.07) is 0. The van der Waals surface area contributed by atoms with Crippen LogP contribution in [0.1, 0.15) is 1.43 Å². The largest absolute Gasteiger partial charge is 1.00 e. The van der Waals surface area contributed by atoms with Gasteiger partial charge in [0, 0.05) is 26.2 Å². The van der Waals surface area contributed by atoms with E-state index in [0.29, 0.717) is 13.1 Å². The molecule has 1 fully saturated rings. The minimum absolute atomic E-state index is 0. The van der Waals surface area contributed by atoms with E-state index in [0.717, 1.165) is 13.1 Å². The average molecular weight is 218 g/mol. The van der Waals surface area contributed by atoms with Gasteiger partial charge in [-0.05, 0) is 7.05 Å². The summed E-state index contributed by atoms with van der Waals surface area (Å²) in [6.07, 6.45) is 0. The molecule has 0 unspecified atom stereocenters. The van der Waals surface area contributed by atoms with Gasteiger partial charge in [-0.15, -0.1) is 0 Å². The number of rotatable bonds is 2. The zero-order valence-electron chi connectivity index (χ0n) is 9.10. The summed E-state index contributed by atoms with van der Waals surface area (Å²) < 4.78 is 29.5. The Morgan fingerprint density at radius 2 is 1.77 bits per heavy atom. The molecule has 0 bridgehead atoms. The molecule has 5 nitrogen and oxygen atoms in total. The van der Waals surface area contributed by atoms with Gasteiger partial charge in [0.2, 0.25) is 0 Å². The first kappa shape index (κ1) is 13.8. The predicted octanol–water partition coefficient (Wildman–Crippen LogP) is -3.80. The van der Waals surface area contributed by atoms with Crippen LogP contribution < -0.4 is 29.6 Å². The van der Waals surface area contributed by atoms with Crippen LogP contribution in [0.25, 0.3) is 0 Å². The van der Waals surface area contributed by atoms with Crippen molar-refractivity contribution < 1.29 is 44.0 Å². The van der Waals surface area contributed by atoms with Gasteiger partial charge >= 0.3 is 29.6 Å². The first-order chi connectivity index (χ1) is 5.47. The van der Waals surface area contributed by atoms with Crippen molar-refractivity contribution in [2.45, 2.75) is 0 Å². The summed E-state index contributed by atoms with van der Waals surface area (Å²) >= 11 is 0. The fraction of sp³-hybridized carbons (Fsp3) is 1.00. The van der Waals surface area contributed by atoms with Crippen molar-refractivity contribution >= 4 is 10.1 Å². The van der Waals surface area contributed by atoms with Gasteiger partial charge in [0.15, 0.2) is 0 Å². The van der Waals surface area contributed by atoms with Crippen molar-refractivity contribution in [3.05, 3.63) is 0 Å². The molecule has 0 aromatic heterocycles. The molecule has 0 aromatic rings. The van der Waals surface area contributed by atoms with Crippen molar-refractivity contribution in [2.75, 3.05) is 39.1 Å². The second-order valence-electron chi connectivity index (χ2n) is 3.13. The van der Waals surface area contributed by atoms with Gasteiger partial charge in [-0.1, -0.05) is 0 Å². The van der Waals surface area contributed by atoms with Gasteiger partial charge in [-0.3, -0.25) is 9.45 Å². The van der Waals surface area contributed by atoms with E-state index < -0.39 is 10.1 Å². The maximum Gasteiger partial charge on any atom is 1.00 e. The first-order valence-corrected chi connectivity index (χ1v) is 5.44. The van der Waals surface area contributed by atoms with Crippen LogP contribution in [0, 0.1) is 0 Å². The van der Waals surface area contributed by atoms with Crippen LogP contribution >= 0.6 is 0 Å². The van der Waals surface area contributed by atoms with Gasteiger partial charge in [-0.25, -0.2) is 0 Å². The normalized spacial score (nSPS) is 21.1. The topological polar surface area (TPSA) is 60.9 Å². The van der Waals surface area contributed by atoms with Gasteiger partial charge in [-0.2, -0.15) is 8.42 Å². The summed E-state index contributed by atoms with van der Waals surface area (Å²) in [5.41, 5.74) is 0. The molecule has 0 amide bonds. The molecule has 7 heteroatoms. The smallest absolute Gasteiger partial charge is 1.00 e. The van der Waals surface area contributed by atoms with E-state index >= 15 is 0 Å². The Morgan fingerprint density at radius 1 is 1.31 bits per heavy atom. The number of piperazine rings is 1. The van der Waals surface area contributed by atoms with Gasteiger partial charge in [0.05, 0.1) is 0 Å². The van der Waals surface area contributed by atoms with Crippen molar-refractivity contribution in [1.82, 2.24) is 9.80 Å².